The molecule has 0 bridgehead atoms. The molecule has 0 spiro atoms. The minimum absolute atomic E-state index is 0.197. The van der Waals surface area contributed by atoms with Crippen molar-refractivity contribution in [1.29, 1.82) is 5.26 Å². The lowest BCUT2D eigenvalue weighted by molar-refractivity contribution is 0.363. The van der Waals surface area contributed by atoms with E-state index in [0.29, 0.717) is 11.5 Å². The van der Waals surface area contributed by atoms with Gasteiger partial charge in [0.2, 0.25) is 0 Å². The Morgan fingerprint density at radius 1 is 1.56 bits per heavy atom. The molecular formula is C14H20N4. The number of nitriles is 1. The van der Waals surface area contributed by atoms with E-state index < -0.39 is 0 Å². The fraction of sp³-hybridized carbons (Fsp3) is 0.571. The van der Waals surface area contributed by atoms with Crippen LogP contribution in [-0.4, -0.2) is 24.1 Å². The lowest BCUT2D eigenvalue weighted by atomic mass is 9.92. The van der Waals surface area contributed by atoms with E-state index in [0.717, 1.165) is 31.0 Å². The normalized spacial score (nSPS) is 21.4. The summed E-state index contributed by atoms with van der Waals surface area (Å²) in [7, 11) is 0. The van der Waals surface area contributed by atoms with Crippen LogP contribution in [0.1, 0.15) is 31.0 Å². The second-order valence-electron chi connectivity index (χ2n) is 5.14. The number of hydrogen-bond acceptors (Lipinski definition) is 4. The van der Waals surface area contributed by atoms with Gasteiger partial charge in [-0.05, 0) is 44.7 Å². The molecule has 18 heavy (non-hydrogen) atoms. The molecule has 1 saturated heterocycles. The molecule has 1 aliphatic rings. The van der Waals surface area contributed by atoms with Crippen molar-refractivity contribution in [1.82, 2.24) is 4.98 Å². The van der Waals surface area contributed by atoms with Crippen molar-refractivity contribution in [3.05, 3.63) is 23.4 Å². The van der Waals surface area contributed by atoms with Gasteiger partial charge in [-0.15, -0.1) is 0 Å². The quantitative estimate of drug-likeness (QED) is 0.862. The molecule has 1 aromatic heterocycles. The third kappa shape index (κ3) is 2.62. The van der Waals surface area contributed by atoms with E-state index in [1.54, 1.807) is 0 Å². The molecule has 2 N–H and O–H groups in total. The fourth-order valence-electron chi connectivity index (χ4n) is 2.50. The number of piperidine rings is 1. The van der Waals surface area contributed by atoms with Gasteiger partial charge in [-0.2, -0.15) is 5.26 Å². The van der Waals surface area contributed by atoms with Crippen LogP contribution in [0.2, 0.25) is 0 Å². The molecule has 96 valence electrons. The van der Waals surface area contributed by atoms with Crippen LogP contribution in [0.25, 0.3) is 0 Å². The Morgan fingerprint density at radius 2 is 2.33 bits per heavy atom. The van der Waals surface area contributed by atoms with Gasteiger partial charge in [0.15, 0.2) is 0 Å². The SMILES string of the molecule is Cc1ccc(C#N)c(N2CCCC(C(C)N)C2)n1. The van der Waals surface area contributed by atoms with Crippen molar-refractivity contribution >= 4 is 5.82 Å². The fourth-order valence-corrected chi connectivity index (χ4v) is 2.50. The molecule has 0 saturated carbocycles. The van der Waals surface area contributed by atoms with Crippen LogP contribution >= 0.6 is 0 Å². The summed E-state index contributed by atoms with van der Waals surface area (Å²) in [5.41, 5.74) is 7.60. The van der Waals surface area contributed by atoms with E-state index in [1.807, 2.05) is 19.1 Å². The molecule has 2 rings (SSSR count). The standard InChI is InChI=1S/C14H20N4/c1-10-5-6-12(8-15)14(17-10)18-7-3-4-13(9-18)11(2)16/h5-6,11,13H,3-4,7,9,16H2,1-2H3. The summed E-state index contributed by atoms with van der Waals surface area (Å²) >= 11 is 0. The first kappa shape index (κ1) is 12.8. The van der Waals surface area contributed by atoms with Crippen molar-refractivity contribution in [2.24, 2.45) is 11.7 Å². The molecule has 4 heteroatoms. The van der Waals surface area contributed by atoms with E-state index >= 15 is 0 Å². The van der Waals surface area contributed by atoms with Gasteiger partial charge in [-0.25, -0.2) is 4.98 Å². The van der Waals surface area contributed by atoms with Crippen molar-refractivity contribution in [2.45, 2.75) is 32.7 Å². The number of hydrogen-bond donors (Lipinski definition) is 1. The molecule has 0 radical (unpaired) electrons. The van der Waals surface area contributed by atoms with Crippen molar-refractivity contribution in [3.8, 4) is 6.07 Å². The van der Waals surface area contributed by atoms with Crippen molar-refractivity contribution in [3.63, 3.8) is 0 Å². The number of pyridine rings is 1. The van der Waals surface area contributed by atoms with Gasteiger partial charge in [0.25, 0.3) is 0 Å². The van der Waals surface area contributed by atoms with Gasteiger partial charge in [0, 0.05) is 24.8 Å². The lowest BCUT2D eigenvalue weighted by Crippen LogP contribution is -2.43. The highest BCUT2D eigenvalue weighted by molar-refractivity contribution is 5.54. The summed E-state index contributed by atoms with van der Waals surface area (Å²) in [6, 6.07) is 6.16. The smallest absolute Gasteiger partial charge is 0.146 e. The number of rotatable bonds is 2. The van der Waals surface area contributed by atoms with Crippen LogP contribution in [0, 0.1) is 24.2 Å². The minimum atomic E-state index is 0.197. The van der Waals surface area contributed by atoms with E-state index in [-0.39, 0.29) is 6.04 Å². The third-order valence-electron chi connectivity index (χ3n) is 3.64. The van der Waals surface area contributed by atoms with Gasteiger partial charge in [0.1, 0.15) is 11.9 Å². The molecule has 1 fully saturated rings. The molecule has 1 aromatic rings. The van der Waals surface area contributed by atoms with E-state index in [1.165, 1.54) is 6.42 Å². The van der Waals surface area contributed by atoms with Crippen LogP contribution in [0.4, 0.5) is 5.82 Å². The summed E-state index contributed by atoms with van der Waals surface area (Å²) in [5.74, 6) is 1.32. The molecular weight excluding hydrogens is 224 g/mol. The number of aryl methyl sites for hydroxylation is 1. The Balaban J connectivity index is 2.25. The number of aromatic nitrogens is 1. The van der Waals surface area contributed by atoms with E-state index in [9.17, 15) is 5.26 Å². The average Bonchev–Trinajstić information content (AvgIpc) is 2.39. The summed E-state index contributed by atoms with van der Waals surface area (Å²) in [4.78, 5) is 6.74. The van der Waals surface area contributed by atoms with Gasteiger partial charge in [-0.1, -0.05) is 0 Å². The zero-order valence-electron chi connectivity index (χ0n) is 11.1. The molecule has 0 amide bonds. The number of nitrogens with two attached hydrogens (primary N) is 1. The largest absolute Gasteiger partial charge is 0.355 e. The van der Waals surface area contributed by atoms with Gasteiger partial charge < -0.3 is 10.6 Å². The second-order valence-corrected chi connectivity index (χ2v) is 5.14. The van der Waals surface area contributed by atoms with Crippen LogP contribution < -0.4 is 10.6 Å². The maximum absolute atomic E-state index is 9.17. The Kier molecular flexibility index (Phi) is 3.83. The lowest BCUT2D eigenvalue weighted by Gasteiger charge is -2.35. The molecule has 1 aliphatic heterocycles. The second kappa shape index (κ2) is 5.36. The van der Waals surface area contributed by atoms with Crippen molar-refractivity contribution in [2.75, 3.05) is 18.0 Å². The third-order valence-corrected chi connectivity index (χ3v) is 3.64. The summed E-state index contributed by atoms with van der Waals surface area (Å²) < 4.78 is 0. The Bertz CT molecular complexity index is 461. The highest BCUT2D eigenvalue weighted by Crippen LogP contribution is 2.25. The minimum Gasteiger partial charge on any atom is -0.355 e. The Labute approximate surface area is 108 Å². The molecule has 0 aromatic carbocycles. The predicted octanol–water partition coefficient (Wildman–Crippen LogP) is 1.83. The first-order valence-corrected chi connectivity index (χ1v) is 6.50. The van der Waals surface area contributed by atoms with E-state index in [2.05, 4.69) is 22.9 Å². The van der Waals surface area contributed by atoms with Gasteiger partial charge >= 0.3 is 0 Å². The monoisotopic (exact) mass is 244 g/mol. The Morgan fingerprint density at radius 3 is 3.00 bits per heavy atom. The average molecular weight is 244 g/mol. The zero-order chi connectivity index (χ0) is 13.1. The number of anilines is 1. The maximum atomic E-state index is 9.17. The summed E-state index contributed by atoms with van der Waals surface area (Å²) in [6.45, 7) is 5.89. The highest BCUT2D eigenvalue weighted by Gasteiger charge is 2.25. The first-order valence-electron chi connectivity index (χ1n) is 6.50. The Hall–Kier alpha value is -1.60. The van der Waals surface area contributed by atoms with Gasteiger partial charge in [-0.3, -0.25) is 0 Å². The maximum Gasteiger partial charge on any atom is 0.146 e. The van der Waals surface area contributed by atoms with Crippen LogP contribution in [0.3, 0.4) is 0 Å². The first-order chi connectivity index (χ1) is 8.61. The van der Waals surface area contributed by atoms with Crippen LogP contribution in [-0.2, 0) is 0 Å². The molecule has 2 heterocycles. The molecule has 2 unspecified atom stereocenters. The highest BCUT2D eigenvalue weighted by atomic mass is 15.2. The molecule has 0 aliphatic carbocycles. The summed E-state index contributed by atoms with van der Waals surface area (Å²) in [6.07, 6.45) is 2.29. The van der Waals surface area contributed by atoms with Gasteiger partial charge in [0.05, 0.1) is 5.56 Å². The number of nitrogens with zero attached hydrogens (tertiary/aromatic N) is 3. The van der Waals surface area contributed by atoms with Crippen LogP contribution in [0.5, 0.6) is 0 Å². The van der Waals surface area contributed by atoms with Crippen molar-refractivity contribution < 1.29 is 0 Å². The molecule has 4 nitrogen and oxygen atoms in total. The molecule has 2 atom stereocenters. The predicted molar refractivity (Wildman–Crippen MR) is 72.3 cm³/mol. The topological polar surface area (TPSA) is 65.9 Å². The summed E-state index contributed by atoms with van der Waals surface area (Å²) in [5, 5.41) is 9.17. The van der Waals surface area contributed by atoms with Crippen LogP contribution in [0.15, 0.2) is 12.1 Å². The zero-order valence-corrected chi connectivity index (χ0v) is 11.1. The van der Waals surface area contributed by atoms with E-state index in [4.69, 9.17) is 5.73 Å².